The Labute approximate surface area is 68.5 Å². The van der Waals surface area contributed by atoms with Crippen molar-refractivity contribution in [2.24, 2.45) is 11.5 Å². The fourth-order valence-electron chi connectivity index (χ4n) is 0.826. The van der Waals surface area contributed by atoms with Gasteiger partial charge in [-0.2, -0.15) is 0 Å². The molecule has 0 saturated carbocycles. The summed E-state index contributed by atoms with van der Waals surface area (Å²) in [6, 6.07) is 0. The van der Waals surface area contributed by atoms with Gasteiger partial charge in [-0.15, -0.1) is 0 Å². The molecule has 0 aromatic rings. The van der Waals surface area contributed by atoms with Gasteiger partial charge >= 0.3 is 0 Å². The Morgan fingerprint density at radius 1 is 1.18 bits per heavy atom. The molecule has 4 N–H and O–H groups in total. The molecular formula is C7H19N3O. The van der Waals surface area contributed by atoms with Crippen molar-refractivity contribution < 1.29 is 4.74 Å². The first-order chi connectivity index (χ1) is 5.35. The van der Waals surface area contributed by atoms with Crippen molar-refractivity contribution in [1.29, 1.82) is 0 Å². The topological polar surface area (TPSA) is 64.5 Å². The lowest BCUT2D eigenvalue weighted by Gasteiger charge is -2.19. The first kappa shape index (κ1) is 10.8. The van der Waals surface area contributed by atoms with Crippen molar-refractivity contribution in [2.75, 3.05) is 39.5 Å². The van der Waals surface area contributed by atoms with Crippen molar-refractivity contribution >= 4 is 0 Å². The fourth-order valence-corrected chi connectivity index (χ4v) is 0.826. The van der Waals surface area contributed by atoms with E-state index in [4.69, 9.17) is 16.2 Å². The second kappa shape index (κ2) is 7.94. The van der Waals surface area contributed by atoms with Crippen LogP contribution in [-0.2, 0) is 4.74 Å². The van der Waals surface area contributed by atoms with Crippen LogP contribution in [0.5, 0.6) is 0 Å². The minimum atomic E-state index is 0.644. The molecule has 4 heteroatoms. The molecule has 0 aliphatic carbocycles. The molecule has 68 valence electrons. The van der Waals surface area contributed by atoms with E-state index in [2.05, 4.69) is 4.90 Å². The van der Waals surface area contributed by atoms with Crippen molar-refractivity contribution in [3.05, 3.63) is 0 Å². The molecule has 0 aliphatic heterocycles. The largest absolute Gasteiger partial charge is 0.366 e. The average Bonchev–Trinajstić information content (AvgIpc) is 2.01. The van der Waals surface area contributed by atoms with Gasteiger partial charge in [0.2, 0.25) is 0 Å². The zero-order valence-corrected chi connectivity index (χ0v) is 7.25. The number of hydrogen-bond acceptors (Lipinski definition) is 4. The van der Waals surface area contributed by atoms with Crippen molar-refractivity contribution in [3.8, 4) is 0 Å². The third kappa shape index (κ3) is 6.25. The number of ether oxygens (including phenoxy) is 1. The molecule has 0 bridgehead atoms. The zero-order valence-electron chi connectivity index (χ0n) is 7.25. The van der Waals surface area contributed by atoms with Gasteiger partial charge in [0.1, 0.15) is 0 Å². The summed E-state index contributed by atoms with van der Waals surface area (Å²) in [5.74, 6) is 0. The van der Waals surface area contributed by atoms with Crippen molar-refractivity contribution in [2.45, 2.75) is 6.92 Å². The number of nitrogens with zero attached hydrogens (tertiary/aromatic N) is 1. The first-order valence-corrected chi connectivity index (χ1v) is 4.05. The Hall–Kier alpha value is -0.160. The highest BCUT2D eigenvalue weighted by Gasteiger charge is 2.00. The van der Waals surface area contributed by atoms with Gasteiger partial charge in [-0.25, -0.2) is 0 Å². The number of rotatable bonds is 7. The van der Waals surface area contributed by atoms with Crippen LogP contribution in [0.2, 0.25) is 0 Å². The number of hydrogen-bond donors (Lipinski definition) is 2. The van der Waals surface area contributed by atoms with E-state index in [9.17, 15) is 0 Å². The summed E-state index contributed by atoms with van der Waals surface area (Å²) < 4.78 is 5.22. The van der Waals surface area contributed by atoms with Gasteiger partial charge in [-0.3, -0.25) is 4.90 Å². The zero-order chi connectivity index (χ0) is 8.53. The van der Waals surface area contributed by atoms with Crippen LogP contribution in [0.1, 0.15) is 6.92 Å². The SMILES string of the molecule is CCOCN(CCN)CCN. The standard InChI is InChI=1S/C7H19N3O/c1-2-11-7-10(5-3-8)6-4-9/h2-9H2,1H3. The van der Waals surface area contributed by atoms with E-state index in [1.165, 1.54) is 0 Å². The first-order valence-electron chi connectivity index (χ1n) is 4.05. The van der Waals surface area contributed by atoms with E-state index in [1.54, 1.807) is 0 Å². The Balaban J connectivity index is 3.34. The Morgan fingerprint density at radius 2 is 1.73 bits per heavy atom. The lowest BCUT2D eigenvalue weighted by molar-refractivity contribution is 0.0390. The van der Waals surface area contributed by atoms with Gasteiger partial charge in [0, 0.05) is 32.8 Å². The highest BCUT2D eigenvalue weighted by Crippen LogP contribution is 1.86. The third-order valence-corrected chi connectivity index (χ3v) is 1.37. The molecule has 0 aromatic carbocycles. The van der Waals surface area contributed by atoms with Gasteiger partial charge in [-0.05, 0) is 6.92 Å². The number of nitrogens with two attached hydrogens (primary N) is 2. The quantitative estimate of drug-likeness (QED) is 0.480. The van der Waals surface area contributed by atoms with E-state index in [1.807, 2.05) is 6.92 Å². The molecule has 0 unspecified atom stereocenters. The molecular weight excluding hydrogens is 142 g/mol. The van der Waals surface area contributed by atoms with E-state index < -0.39 is 0 Å². The molecule has 0 atom stereocenters. The maximum atomic E-state index is 5.39. The summed E-state index contributed by atoms with van der Waals surface area (Å²) in [5, 5.41) is 0. The van der Waals surface area contributed by atoms with Gasteiger partial charge in [0.15, 0.2) is 0 Å². The van der Waals surface area contributed by atoms with Crippen LogP contribution in [-0.4, -0.2) is 44.4 Å². The van der Waals surface area contributed by atoms with Gasteiger partial charge in [0.25, 0.3) is 0 Å². The highest BCUT2D eigenvalue weighted by atomic mass is 16.5. The summed E-state index contributed by atoms with van der Waals surface area (Å²) in [5.41, 5.74) is 10.8. The van der Waals surface area contributed by atoms with Crippen LogP contribution in [0.25, 0.3) is 0 Å². The molecule has 0 rings (SSSR count). The summed E-state index contributed by atoms with van der Waals surface area (Å²) >= 11 is 0. The van der Waals surface area contributed by atoms with E-state index >= 15 is 0 Å². The Kier molecular flexibility index (Phi) is 7.83. The molecule has 0 amide bonds. The fraction of sp³-hybridized carbons (Fsp3) is 1.00. The van der Waals surface area contributed by atoms with Gasteiger partial charge in [-0.1, -0.05) is 0 Å². The summed E-state index contributed by atoms with van der Waals surface area (Å²) in [7, 11) is 0. The Bertz CT molecular complexity index is 74.1. The van der Waals surface area contributed by atoms with Crippen molar-refractivity contribution in [1.82, 2.24) is 4.90 Å². The summed E-state index contributed by atoms with van der Waals surface area (Å²) in [4.78, 5) is 2.10. The second-order valence-electron chi connectivity index (χ2n) is 2.32. The van der Waals surface area contributed by atoms with Gasteiger partial charge < -0.3 is 16.2 Å². The molecule has 0 aromatic heterocycles. The van der Waals surface area contributed by atoms with Gasteiger partial charge in [0.05, 0.1) is 6.73 Å². The smallest absolute Gasteiger partial charge is 0.0990 e. The minimum absolute atomic E-state index is 0.644. The second-order valence-corrected chi connectivity index (χ2v) is 2.32. The average molecular weight is 161 g/mol. The molecule has 11 heavy (non-hydrogen) atoms. The highest BCUT2D eigenvalue weighted by molar-refractivity contribution is 4.53. The van der Waals surface area contributed by atoms with Crippen LogP contribution < -0.4 is 11.5 Å². The minimum Gasteiger partial charge on any atom is -0.366 e. The monoisotopic (exact) mass is 161 g/mol. The predicted molar refractivity (Wildman–Crippen MR) is 46.2 cm³/mol. The normalized spacial score (nSPS) is 10.9. The van der Waals surface area contributed by atoms with Crippen LogP contribution in [0.3, 0.4) is 0 Å². The lowest BCUT2D eigenvalue weighted by Crippen LogP contribution is -2.35. The molecule has 0 spiro atoms. The van der Waals surface area contributed by atoms with Crippen LogP contribution >= 0.6 is 0 Å². The van der Waals surface area contributed by atoms with Crippen LogP contribution in [0.4, 0.5) is 0 Å². The third-order valence-electron chi connectivity index (χ3n) is 1.37. The summed E-state index contributed by atoms with van der Waals surface area (Å²) in [6.07, 6.45) is 0. The van der Waals surface area contributed by atoms with Crippen molar-refractivity contribution in [3.63, 3.8) is 0 Å². The lowest BCUT2D eigenvalue weighted by atomic mass is 10.5. The predicted octanol–water partition coefficient (Wildman–Crippen LogP) is -0.800. The van der Waals surface area contributed by atoms with Crippen LogP contribution in [0.15, 0.2) is 0 Å². The summed E-state index contributed by atoms with van der Waals surface area (Å²) in [6.45, 7) is 6.40. The Morgan fingerprint density at radius 3 is 2.09 bits per heavy atom. The molecule has 0 aliphatic rings. The van der Waals surface area contributed by atoms with E-state index in [-0.39, 0.29) is 0 Å². The molecule has 0 fully saturated rings. The molecule has 0 heterocycles. The van der Waals surface area contributed by atoms with E-state index in [0.717, 1.165) is 19.7 Å². The molecule has 4 nitrogen and oxygen atoms in total. The maximum absolute atomic E-state index is 5.39. The van der Waals surface area contributed by atoms with E-state index in [0.29, 0.717) is 19.8 Å². The molecule has 0 saturated heterocycles. The maximum Gasteiger partial charge on any atom is 0.0990 e. The van der Waals surface area contributed by atoms with Crippen LogP contribution in [0, 0.1) is 0 Å². The molecule has 0 radical (unpaired) electrons.